The Hall–Kier alpha value is -2.60. The molecular formula is C18H18F3N3. The van der Waals surface area contributed by atoms with Gasteiger partial charge in [-0.3, -0.25) is 0 Å². The zero-order valence-electron chi connectivity index (χ0n) is 13.1. The zero-order valence-corrected chi connectivity index (χ0v) is 13.1. The van der Waals surface area contributed by atoms with Crippen LogP contribution in [0.25, 0.3) is 5.70 Å². The van der Waals surface area contributed by atoms with Crippen LogP contribution >= 0.6 is 0 Å². The van der Waals surface area contributed by atoms with Gasteiger partial charge in [0.2, 0.25) is 0 Å². The number of nitrogens with zero attached hydrogens (tertiary/aromatic N) is 1. The molecule has 0 aliphatic carbocycles. The minimum Gasteiger partial charge on any atom is -0.340 e. The first-order chi connectivity index (χ1) is 11.3. The van der Waals surface area contributed by atoms with Crippen molar-refractivity contribution in [2.75, 3.05) is 0 Å². The third-order valence-corrected chi connectivity index (χ3v) is 3.32. The van der Waals surface area contributed by atoms with Gasteiger partial charge in [0.25, 0.3) is 0 Å². The molecule has 0 fully saturated rings. The third-order valence-electron chi connectivity index (χ3n) is 3.32. The molecule has 1 aliphatic rings. The van der Waals surface area contributed by atoms with Gasteiger partial charge < -0.3 is 11.1 Å². The number of benzene rings is 1. The van der Waals surface area contributed by atoms with Gasteiger partial charge in [-0.15, -0.1) is 0 Å². The van der Waals surface area contributed by atoms with Crippen LogP contribution in [-0.4, -0.2) is 18.1 Å². The van der Waals surface area contributed by atoms with Gasteiger partial charge in [0.15, 0.2) is 0 Å². The van der Waals surface area contributed by atoms with Crippen molar-refractivity contribution in [2.24, 2.45) is 10.7 Å². The minimum atomic E-state index is -4.58. The maximum absolute atomic E-state index is 13.1. The first-order valence-electron chi connectivity index (χ1n) is 7.30. The molecule has 1 aliphatic heterocycles. The predicted molar refractivity (Wildman–Crippen MR) is 91.1 cm³/mol. The maximum Gasteiger partial charge on any atom is 0.407 e. The van der Waals surface area contributed by atoms with Crippen molar-refractivity contribution >= 4 is 11.5 Å². The van der Waals surface area contributed by atoms with Crippen LogP contribution in [0.4, 0.5) is 13.2 Å². The van der Waals surface area contributed by atoms with E-state index in [1.165, 1.54) is 12.2 Å². The van der Waals surface area contributed by atoms with Crippen molar-refractivity contribution < 1.29 is 13.2 Å². The highest BCUT2D eigenvalue weighted by molar-refractivity contribution is 6.05. The largest absolute Gasteiger partial charge is 0.407 e. The van der Waals surface area contributed by atoms with Crippen LogP contribution in [-0.2, 0) is 0 Å². The molecule has 0 radical (unpaired) electrons. The van der Waals surface area contributed by atoms with E-state index in [0.29, 0.717) is 11.4 Å². The number of rotatable bonds is 4. The van der Waals surface area contributed by atoms with E-state index >= 15 is 0 Å². The molecule has 3 N–H and O–H groups in total. The average Bonchev–Trinajstić information content (AvgIpc) is 2.54. The van der Waals surface area contributed by atoms with E-state index < -0.39 is 12.2 Å². The number of hydrogen-bond donors (Lipinski definition) is 2. The molecule has 0 spiro atoms. The molecular weight excluding hydrogens is 315 g/mol. The average molecular weight is 333 g/mol. The lowest BCUT2D eigenvalue weighted by Gasteiger charge is -2.24. The summed E-state index contributed by atoms with van der Waals surface area (Å²) in [6.07, 6.45) is 1.52. The van der Waals surface area contributed by atoms with Crippen LogP contribution in [0.1, 0.15) is 12.5 Å². The summed E-state index contributed by atoms with van der Waals surface area (Å²) in [5.74, 6) is 0.0456. The molecule has 1 heterocycles. The lowest BCUT2D eigenvalue weighted by Crippen LogP contribution is -2.44. The fraction of sp³-hybridized carbons (Fsp3) is 0.167. The lowest BCUT2D eigenvalue weighted by molar-refractivity contribution is -0.138. The second-order valence-electron chi connectivity index (χ2n) is 5.17. The fourth-order valence-electron chi connectivity index (χ4n) is 2.13. The van der Waals surface area contributed by atoms with Gasteiger partial charge in [-0.05, 0) is 13.0 Å². The van der Waals surface area contributed by atoms with Gasteiger partial charge in [-0.25, -0.2) is 4.99 Å². The lowest BCUT2D eigenvalue weighted by atomic mass is 10.0. The van der Waals surface area contributed by atoms with Gasteiger partial charge in [0.1, 0.15) is 11.9 Å². The Balaban J connectivity index is 2.48. The topological polar surface area (TPSA) is 50.4 Å². The summed E-state index contributed by atoms with van der Waals surface area (Å²) < 4.78 is 39.3. The Bertz CT molecular complexity index is 726. The van der Waals surface area contributed by atoms with Crippen LogP contribution in [0.3, 0.4) is 0 Å². The SMILES string of the molecule is C=C1C=C(c2ccccc2)N=C(/C(=C\C=C/C)C(N)C(F)(F)F)N1. The molecule has 2 rings (SSSR count). The Labute approximate surface area is 138 Å². The highest BCUT2D eigenvalue weighted by atomic mass is 19.4. The molecule has 0 bridgehead atoms. The summed E-state index contributed by atoms with van der Waals surface area (Å²) >= 11 is 0. The number of alkyl halides is 3. The summed E-state index contributed by atoms with van der Waals surface area (Å²) in [7, 11) is 0. The van der Waals surface area contributed by atoms with Crippen LogP contribution in [0.2, 0.25) is 0 Å². The minimum absolute atomic E-state index is 0.0456. The second-order valence-corrected chi connectivity index (χ2v) is 5.17. The molecule has 1 aromatic rings. The molecule has 0 aromatic heterocycles. The second kappa shape index (κ2) is 7.31. The Morgan fingerprint density at radius 1 is 1.29 bits per heavy atom. The fourth-order valence-corrected chi connectivity index (χ4v) is 2.13. The van der Waals surface area contributed by atoms with Crippen molar-refractivity contribution in [3.63, 3.8) is 0 Å². The Morgan fingerprint density at radius 2 is 1.96 bits per heavy atom. The molecule has 0 amide bonds. The third kappa shape index (κ3) is 4.23. The van der Waals surface area contributed by atoms with E-state index in [9.17, 15) is 13.2 Å². The Morgan fingerprint density at radius 3 is 2.54 bits per heavy atom. The van der Waals surface area contributed by atoms with Gasteiger partial charge in [0, 0.05) is 16.8 Å². The van der Waals surface area contributed by atoms with Crippen molar-refractivity contribution in [1.82, 2.24) is 5.32 Å². The smallest absolute Gasteiger partial charge is 0.340 e. The summed E-state index contributed by atoms with van der Waals surface area (Å²) in [6.45, 7) is 5.49. The molecule has 1 atom stereocenters. The summed E-state index contributed by atoms with van der Waals surface area (Å²) in [5, 5.41) is 2.78. The van der Waals surface area contributed by atoms with Crippen LogP contribution in [0, 0.1) is 0 Å². The van der Waals surface area contributed by atoms with Gasteiger partial charge in [-0.1, -0.05) is 55.1 Å². The normalized spacial score (nSPS) is 17.4. The molecule has 0 saturated heterocycles. The van der Waals surface area contributed by atoms with E-state index in [2.05, 4.69) is 16.9 Å². The molecule has 1 unspecified atom stereocenters. The zero-order chi connectivity index (χ0) is 17.7. The highest BCUT2D eigenvalue weighted by Crippen LogP contribution is 2.27. The molecule has 3 nitrogen and oxygen atoms in total. The molecule has 1 aromatic carbocycles. The van der Waals surface area contributed by atoms with E-state index in [-0.39, 0.29) is 11.4 Å². The monoisotopic (exact) mass is 333 g/mol. The summed E-state index contributed by atoms with van der Waals surface area (Å²) in [5.41, 5.74) is 7.00. The number of nitrogens with one attached hydrogen (secondary N) is 1. The van der Waals surface area contributed by atoms with Crippen molar-refractivity contribution in [1.29, 1.82) is 0 Å². The van der Waals surface area contributed by atoms with Gasteiger partial charge in [-0.2, -0.15) is 13.2 Å². The van der Waals surface area contributed by atoms with Gasteiger partial charge >= 0.3 is 6.18 Å². The van der Waals surface area contributed by atoms with E-state index in [1.54, 1.807) is 19.1 Å². The predicted octanol–water partition coefficient (Wildman–Crippen LogP) is 3.94. The van der Waals surface area contributed by atoms with Crippen LogP contribution in [0.15, 0.2) is 77.5 Å². The van der Waals surface area contributed by atoms with Crippen molar-refractivity contribution in [2.45, 2.75) is 19.1 Å². The number of halogens is 3. The molecule has 6 heteroatoms. The maximum atomic E-state index is 13.1. The number of nitrogens with two attached hydrogens (primary N) is 1. The molecule has 24 heavy (non-hydrogen) atoms. The van der Waals surface area contributed by atoms with E-state index in [1.807, 2.05) is 30.3 Å². The number of hydrogen-bond acceptors (Lipinski definition) is 3. The first-order valence-corrected chi connectivity index (χ1v) is 7.30. The molecule has 0 saturated carbocycles. The summed E-state index contributed by atoms with van der Waals surface area (Å²) in [4.78, 5) is 4.31. The number of aliphatic imine (C=N–C) groups is 1. The quantitative estimate of drug-likeness (QED) is 0.820. The van der Waals surface area contributed by atoms with Crippen LogP contribution < -0.4 is 11.1 Å². The first kappa shape index (κ1) is 17.7. The van der Waals surface area contributed by atoms with Crippen molar-refractivity contribution in [3.05, 3.63) is 78.0 Å². The summed E-state index contributed by atoms with van der Waals surface area (Å²) in [6, 6.07) is 7.00. The Kier molecular flexibility index (Phi) is 5.41. The van der Waals surface area contributed by atoms with E-state index in [0.717, 1.165) is 5.56 Å². The standard InChI is InChI=1S/C18H18F3N3/c1-3-4-10-14(16(22)18(19,20)21)17-23-12(2)11-15(24-17)13-8-6-5-7-9-13/h3-11,16H,2,22H2,1H3,(H,23,24)/b4-3-,14-10-. The van der Waals surface area contributed by atoms with Gasteiger partial charge in [0.05, 0.1) is 5.70 Å². The number of allylic oxidation sites excluding steroid dienone is 4. The van der Waals surface area contributed by atoms with Crippen molar-refractivity contribution in [3.8, 4) is 0 Å². The molecule has 126 valence electrons. The highest BCUT2D eigenvalue weighted by Gasteiger charge is 2.41. The number of amidine groups is 1. The van der Waals surface area contributed by atoms with Crippen LogP contribution in [0.5, 0.6) is 0 Å². The van der Waals surface area contributed by atoms with E-state index in [4.69, 9.17) is 5.73 Å².